The first-order valence-corrected chi connectivity index (χ1v) is 6.98. The molecule has 1 aromatic carbocycles. The van der Waals surface area contributed by atoms with E-state index in [1.54, 1.807) is 6.26 Å². The fraction of sp³-hybridized carbons (Fsp3) is 0.375. The van der Waals surface area contributed by atoms with Crippen LogP contribution in [0.2, 0.25) is 0 Å². The molecule has 2 heterocycles. The molecule has 1 N–H and O–H groups in total. The summed E-state index contributed by atoms with van der Waals surface area (Å²) in [5.74, 6) is 0.969. The lowest BCUT2D eigenvalue weighted by atomic mass is 10.2. The quantitative estimate of drug-likeness (QED) is 0.894. The summed E-state index contributed by atoms with van der Waals surface area (Å²) in [4.78, 5) is 2.46. The molecule has 19 heavy (non-hydrogen) atoms. The standard InChI is InChI=1S/C16H20N2O/c1-13(16-9-6-12-19-16)17-14-7-2-3-8-15(14)18-10-4-5-11-18/h2-3,6-9,12-13,17H,4-5,10-11H2,1H3. The van der Waals surface area contributed by atoms with Crippen LogP contribution in [0.4, 0.5) is 11.4 Å². The summed E-state index contributed by atoms with van der Waals surface area (Å²) in [6.07, 6.45) is 4.31. The lowest BCUT2D eigenvalue weighted by Gasteiger charge is -2.23. The minimum atomic E-state index is 0.179. The summed E-state index contributed by atoms with van der Waals surface area (Å²) in [5, 5.41) is 3.55. The Morgan fingerprint density at radius 3 is 2.63 bits per heavy atom. The highest BCUT2D eigenvalue weighted by molar-refractivity contribution is 5.70. The summed E-state index contributed by atoms with van der Waals surface area (Å²) in [6, 6.07) is 12.7. The molecule has 1 unspecified atom stereocenters. The summed E-state index contributed by atoms with van der Waals surface area (Å²) in [6.45, 7) is 4.45. The number of hydrogen-bond acceptors (Lipinski definition) is 3. The summed E-state index contributed by atoms with van der Waals surface area (Å²) < 4.78 is 5.46. The molecule has 1 aliphatic heterocycles. The second-order valence-corrected chi connectivity index (χ2v) is 5.09. The third-order valence-electron chi connectivity index (χ3n) is 3.69. The minimum Gasteiger partial charge on any atom is -0.467 e. The Balaban J connectivity index is 1.80. The van der Waals surface area contributed by atoms with Gasteiger partial charge in [0.1, 0.15) is 5.76 Å². The molecule has 0 saturated carbocycles. The molecule has 2 aromatic rings. The van der Waals surface area contributed by atoms with Gasteiger partial charge in [-0.15, -0.1) is 0 Å². The first kappa shape index (κ1) is 12.2. The molecule has 0 bridgehead atoms. The van der Waals surface area contributed by atoms with Crippen molar-refractivity contribution in [2.24, 2.45) is 0 Å². The zero-order valence-corrected chi connectivity index (χ0v) is 11.3. The van der Waals surface area contributed by atoms with E-state index in [9.17, 15) is 0 Å². The van der Waals surface area contributed by atoms with E-state index >= 15 is 0 Å². The van der Waals surface area contributed by atoms with Gasteiger partial charge in [0.2, 0.25) is 0 Å². The van der Waals surface area contributed by atoms with Gasteiger partial charge in [-0.2, -0.15) is 0 Å². The molecular weight excluding hydrogens is 236 g/mol. The molecule has 1 fully saturated rings. The van der Waals surface area contributed by atoms with Crippen LogP contribution in [0.3, 0.4) is 0 Å². The molecule has 0 radical (unpaired) electrons. The van der Waals surface area contributed by atoms with E-state index in [1.807, 2.05) is 12.1 Å². The van der Waals surface area contributed by atoms with Gasteiger partial charge in [-0.1, -0.05) is 12.1 Å². The molecule has 1 aliphatic rings. The molecule has 1 saturated heterocycles. The van der Waals surface area contributed by atoms with Crippen LogP contribution in [-0.2, 0) is 0 Å². The predicted octanol–water partition coefficient (Wildman–Crippen LogP) is 4.05. The van der Waals surface area contributed by atoms with Gasteiger partial charge >= 0.3 is 0 Å². The fourth-order valence-corrected chi connectivity index (χ4v) is 2.67. The van der Waals surface area contributed by atoms with Crippen molar-refractivity contribution in [3.63, 3.8) is 0 Å². The highest BCUT2D eigenvalue weighted by atomic mass is 16.3. The van der Waals surface area contributed by atoms with E-state index in [4.69, 9.17) is 4.42 Å². The third-order valence-corrected chi connectivity index (χ3v) is 3.69. The Bertz CT molecular complexity index is 515. The van der Waals surface area contributed by atoms with Crippen molar-refractivity contribution in [1.82, 2.24) is 0 Å². The Morgan fingerprint density at radius 2 is 1.89 bits per heavy atom. The molecule has 100 valence electrons. The minimum absolute atomic E-state index is 0.179. The van der Waals surface area contributed by atoms with Crippen molar-refractivity contribution < 1.29 is 4.42 Å². The summed E-state index contributed by atoms with van der Waals surface area (Å²) >= 11 is 0. The number of para-hydroxylation sites is 2. The Morgan fingerprint density at radius 1 is 1.11 bits per heavy atom. The van der Waals surface area contributed by atoms with Crippen LogP contribution in [0.25, 0.3) is 0 Å². The SMILES string of the molecule is CC(Nc1ccccc1N1CCCC1)c1ccco1. The first-order valence-electron chi connectivity index (χ1n) is 6.98. The molecule has 3 rings (SSSR count). The third kappa shape index (κ3) is 2.60. The topological polar surface area (TPSA) is 28.4 Å². The number of rotatable bonds is 4. The second kappa shape index (κ2) is 5.39. The van der Waals surface area contributed by atoms with Crippen LogP contribution in [0.15, 0.2) is 47.1 Å². The van der Waals surface area contributed by atoms with E-state index in [1.165, 1.54) is 24.2 Å². The molecule has 1 atom stereocenters. The Labute approximate surface area is 114 Å². The first-order chi connectivity index (χ1) is 9.34. The number of hydrogen-bond donors (Lipinski definition) is 1. The van der Waals surface area contributed by atoms with Crippen LogP contribution < -0.4 is 10.2 Å². The average Bonchev–Trinajstić information content (AvgIpc) is 3.13. The number of nitrogens with one attached hydrogen (secondary N) is 1. The fourth-order valence-electron chi connectivity index (χ4n) is 2.67. The maximum Gasteiger partial charge on any atom is 0.125 e. The van der Waals surface area contributed by atoms with Crippen molar-refractivity contribution in [3.8, 4) is 0 Å². The molecule has 0 aliphatic carbocycles. The van der Waals surface area contributed by atoms with Gasteiger partial charge in [0, 0.05) is 13.1 Å². The van der Waals surface area contributed by atoms with E-state index < -0.39 is 0 Å². The van der Waals surface area contributed by atoms with Crippen LogP contribution in [-0.4, -0.2) is 13.1 Å². The van der Waals surface area contributed by atoms with Gasteiger partial charge < -0.3 is 14.6 Å². The zero-order valence-electron chi connectivity index (χ0n) is 11.3. The monoisotopic (exact) mass is 256 g/mol. The van der Waals surface area contributed by atoms with Crippen molar-refractivity contribution in [1.29, 1.82) is 0 Å². The number of nitrogens with zero attached hydrogens (tertiary/aromatic N) is 1. The lowest BCUT2D eigenvalue weighted by molar-refractivity contribution is 0.490. The number of benzene rings is 1. The van der Waals surface area contributed by atoms with E-state index in [0.717, 1.165) is 18.8 Å². The Kier molecular flexibility index (Phi) is 3.45. The maximum atomic E-state index is 5.46. The second-order valence-electron chi connectivity index (χ2n) is 5.09. The molecule has 0 amide bonds. The number of furan rings is 1. The van der Waals surface area contributed by atoms with Crippen LogP contribution in [0.5, 0.6) is 0 Å². The molecule has 0 spiro atoms. The average molecular weight is 256 g/mol. The highest BCUT2D eigenvalue weighted by Gasteiger charge is 2.17. The maximum absolute atomic E-state index is 5.46. The smallest absolute Gasteiger partial charge is 0.125 e. The van der Waals surface area contributed by atoms with Crippen molar-refractivity contribution in [2.75, 3.05) is 23.3 Å². The van der Waals surface area contributed by atoms with Gasteiger partial charge in [0.25, 0.3) is 0 Å². The van der Waals surface area contributed by atoms with Crippen LogP contribution >= 0.6 is 0 Å². The van der Waals surface area contributed by atoms with Gasteiger partial charge in [-0.05, 0) is 44.0 Å². The largest absolute Gasteiger partial charge is 0.467 e. The zero-order chi connectivity index (χ0) is 13.1. The van der Waals surface area contributed by atoms with E-state index in [-0.39, 0.29) is 6.04 Å². The normalized spacial score (nSPS) is 16.6. The lowest BCUT2D eigenvalue weighted by Crippen LogP contribution is -2.19. The van der Waals surface area contributed by atoms with Crippen LogP contribution in [0.1, 0.15) is 31.6 Å². The van der Waals surface area contributed by atoms with Gasteiger partial charge in [-0.3, -0.25) is 0 Å². The highest BCUT2D eigenvalue weighted by Crippen LogP contribution is 2.31. The molecule has 3 nitrogen and oxygen atoms in total. The van der Waals surface area contributed by atoms with Gasteiger partial charge in [-0.25, -0.2) is 0 Å². The van der Waals surface area contributed by atoms with Gasteiger partial charge in [0.05, 0.1) is 23.7 Å². The predicted molar refractivity (Wildman–Crippen MR) is 78.6 cm³/mol. The molecular formula is C16H20N2O. The van der Waals surface area contributed by atoms with Crippen molar-refractivity contribution in [3.05, 3.63) is 48.4 Å². The number of anilines is 2. The summed E-state index contributed by atoms with van der Waals surface area (Å²) in [7, 11) is 0. The molecule has 1 aromatic heterocycles. The van der Waals surface area contributed by atoms with Crippen molar-refractivity contribution >= 4 is 11.4 Å². The van der Waals surface area contributed by atoms with E-state index in [0.29, 0.717) is 0 Å². The summed E-state index contributed by atoms with van der Waals surface area (Å²) in [5.41, 5.74) is 2.49. The molecule has 3 heteroatoms. The van der Waals surface area contributed by atoms with Gasteiger partial charge in [0.15, 0.2) is 0 Å². The van der Waals surface area contributed by atoms with Crippen molar-refractivity contribution in [2.45, 2.75) is 25.8 Å². The van der Waals surface area contributed by atoms with Crippen LogP contribution in [0, 0.1) is 0 Å². The van der Waals surface area contributed by atoms with E-state index in [2.05, 4.69) is 41.4 Å². The Hall–Kier alpha value is -1.90.